The summed E-state index contributed by atoms with van der Waals surface area (Å²) in [5.41, 5.74) is -0.409. The number of sulfonamides is 1. The Kier molecular flexibility index (Phi) is 5.66. The molecule has 0 saturated carbocycles. The average molecular weight is 442 g/mol. The molecular formula is C18H20ClN3O4S2. The molecule has 150 valence electrons. The Bertz CT molecular complexity index is 1030. The minimum atomic E-state index is -3.76. The number of aliphatic hydroxyl groups is 1. The van der Waals surface area contributed by atoms with Gasteiger partial charge in [-0.2, -0.15) is 0 Å². The number of hydrogen-bond acceptors (Lipinski definition) is 6. The van der Waals surface area contributed by atoms with Crippen LogP contribution >= 0.6 is 23.4 Å². The Morgan fingerprint density at radius 3 is 2.46 bits per heavy atom. The van der Waals surface area contributed by atoms with Crippen molar-refractivity contribution in [2.24, 2.45) is 4.99 Å². The van der Waals surface area contributed by atoms with Crippen LogP contribution in [0.1, 0.15) is 5.56 Å². The van der Waals surface area contributed by atoms with Gasteiger partial charge in [-0.3, -0.25) is 0 Å². The molecule has 0 spiro atoms. The van der Waals surface area contributed by atoms with Gasteiger partial charge in [-0.1, -0.05) is 29.4 Å². The number of thioether (sulfide) groups is 1. The molecule has 1 unspecified atom stereocenters. The minimum absolute atomic E-state index is 0.0626. The summed E-state index contributed by atoms with van der Waals surface area (Å²) in [6.45, 7) is 0. The van der Waals surface area contributed by atoms with E-state index in [-0.39, 0.29) is 21.4 Å². The quantitative estimate of drug-likeness (QED) is 0.757. The lowest BCUT2D eigenvalue weighted by atomic mass is 10.0. The Morgan fingerprint density at radius 1 is 1.21 bits per heavy atom. The van der Waals surface area contributed by atoms with Gasteiger partial charge in [0, 0.05) is 26.7 Å². The number of halogens is 1. The van der Waals surface area contributed by atoms with Crippen LogP contribution in [0.15, 0.2) is 52.4 Å². The van der Waals surface area contributed by atoms with E-state index in [0.717, 1.165) is 4.31 Å². The molecule has 1 aliphatic heterocycles. The van der Waals surface area contributed by atoms with Crippen molar-refractivity contribution in [2.45, 2.75) is 10.6 Å². The molecule has 0 aliphatic carbocycles. The van der Waals surface area contributed by atoms with Crippen LogP contribution in [0.2, 0.25) is 5.02 Å². The lowest BCUT2D eigenvalue weighted by Gasteiger charge is -2.31. The number of rotatable bonds is 4. The van der Waals surface area contributed by atoms with Crippen molar-refractivity contribution in [2.75, 3.05) is 26.9 Å². The van der Waals surface area contributed by atoms with Crippen molar-refractivity contribution < 1.29 is 18.6 Å². The van der Waals surface area contributed by atoms with Crippen LogP contribution in [-0.2, 0) is 15.7 Å². The van der Waals surface area contributed by atoms with Gasteiger partial charge in [0.15, 0.2) is 10.9 Å². The first-order chi connectivity index (χ1) is 13.1. The van der Waals surface area contributed by atoms with Gasteiger partial charge < -0.3 is 15.1 Å². The second-order valence-corrected chi connectivity index (χ2v) is 9.98. The number of phenols is 1. The van der Waals surface area contributed by atoms with E-state index >= 15 is 0 Å². The lowest BCUT2D eigenvalue weighted by Crippen LogP contribution is -2.42. The van der Waals surface area contributed by atoms with Crippen LogP contribution < -0.4 is 0 Å². The Balaban J connectivity index is 1.99. The summed E-state index contributed by atoms with van der Waals surface area (Å²) < 4.78 is 26.1. The van der Waals surface area contributed by atoms with Crippen LogP contribution in [-0.4, -0.2) is 59.9 Å². The van der Waals surface area contributed by atoms with Crippen LogP contribution in [0.5, 0.6) is 5.75 Å². The third-order valence-electron chi connectivity index (χ3n) is 4.47. The Labute approximate surface area is 173 Å². The average Bonchev–Trinajstić information content (AvgIpc) is 2.93. The smallest absolute Gasteiger partial charge is 0.244 e. The summed E-state index contributed by atoms with van der Waals surface area (Å²) in [4.78, 5) is 6.03. The van der Waals surface area contributed by atoms with E-state index in [1.54, 1.807) is 30.1 Å². The van der Waals surface area contributed by atoms with Crippen LogP contribution in [0.4, 0.5) is 5.69 Å². The molecule has 1 heterocycles. The zero-order valence-corrected chi connectivity index (χ0v) is 17.9. The molecule has 0 bridgehead atoms. The standard InChI is InChI=1S/C18H20ClN3O4S2/c1-21(2)28(25,26)16-10-12(4-9-15(16)19)18(24)11-27-17(22(18)3)20-13-5-7-14(23)8-6-13/h4-10,23-24H,11H2,1-3H3/b20-17+. The van der Waals surface area contributed by atoms with Gasteiger partial charge in [-0.05, 0) is 36.4 Å². The Morgan fingerprint density at radius 2 is 1.86 bits per heavy atom. The molecule has 28 heavy (non-hydrogen) atoms. The van der Waals surface area contributed by atoms with Crippen molar-refractivity contribution in [1.29, 1.82) is 0 Å². The highest BCUT2D eigenvalue weighted by Gasteiger charge is 2.43. The summed E-state index contributed by atoms with van der Waals surface area (Å²) in [6, 6.07) is 10.9. The Hall–Kier alpha value is -1.78. The largest absolute Gasteiger partial charge is 0.508 e. The maximum Gasteiger partial charge on any atom is 0.244 e. The number of hydrogen-bond donors (Lipinski definition) is 2. The molecular weight excluding hydrogens is 422 g/mol. The number of amidine groups is 1. The topological polar surface area (TPSA) is 93.4 Å². The van der Waals surface area contributed by atoms with Gasteiger partial charge in [0.05, 0.1) is 16.5 Å². The molecule has 3 rings (SSSR count). The van der Waals surface area contributed by atoms with E-state index in [4.69, 9.17) is 11.6 Å². The SMILES string of the molecule is CN1/C(=N\c2ccc(O)cc2)SCC1(O)c1ccc(Cl)c(S(=O)(=O)N(C)C)c1. The normalized spacial score (nSPS) is 21.6. The molecule has 1 saturated heterocycles. The summed E-state index contributed by atoms with van der Waals surface area (Å²) in [5, 5.41) is 21.3. The number of nitrogens with zero attached hydrogens (tertiary/aromatic N) is 3. The van der Waals surface area contributed by atoms with Crippen molar-refractivity contribution >= 4 is 44.2 Å². The first-order valence-corrected chi connectivity index (χ1v) is 11.1. The van der Waals surface area contributed by atoms with Gasteiger partial charge in [-0.15, -0.1) is 0 Å². The highest BCUT2D eigenvalue weighted by Crippen LogP contribution is 2.40. The molecule has 0 radical (unpaired) electrons. The van der Waals surface area contributed by atoms with Gasteiger partial charge in [-0.25, -0.2) is 17.7 Å². The third kappa shape index (κ3) is 3.72. The third-order valence-corrected chi connectivity index (χ3v) is 7.94. The summed E-state index contributed by atoms with van der Waals surface area (Å²) in [6.07, 6.45) is 0. The molecule has 2 aromatic rings. The first-order valence-electron chi connectivity index (χ1n) is 8.25. The van der Waals surface area contributed by atoms with Crippen molar-refractivity contribution in [1.82, 2.24) is 9.21 Å². The second-order valence-electron chi connectivity index (χ2n) is 6.51. The first kappa shape index (κ1) is 20.9. The molecule has 1 fully saturated rings. The van der Waals surface area contributed by atoms with Gasteiger partial charge in [0.25, 0.3) is 0 Å². The van der Waals surface area contributed by atoms with E-state index in [1.165, 1.54) is 50.1 Å². The van der Waals surface area contributed by atoms with E-state index in [0.29, 0.717) is 16.4 Å². The fourth-order valence-corrected chi connectivity index (χ4v) is 5.28. The van der Waals surface area contributed by atoms with Gasteiger partial charge in [0.2, 0.25) is 10.0 Å². The molecule has 0 aromatic heterocycles. The van der Waals surface area contributed by atoms with Gasteiger partial charge >= 0.3 is 0 Å². The minimum Gasteiger partial charge on any atom is -0.508 e. The molecule has 1 atom stereocenters. The van der Waals surface area contributed by atoms with E-state index in [1.807, 2.05) is 0 Å². The number of aliphatic imine (C=N–C) groups is 1. The lowest BCUT2D eigenvalue weighted by molar-refractivity contribution is -0.0349. The van der Waals surface area contributed by atoms with Crippen molar-refractivity contribution in [3.8, 4) is 5.75 Å². The van der Waals surface area contributed by atoms with Crippen LogP contribution in [0.3, 0.4) is 0 Å². The number of benzene rings is 2. The zero-order valence-electron chi connectivity index (χ0n) is 15.5. The fourth-order valence-electron chi connectivity index (χ4n) is 2.69. The van der Waals surface area contributed by atoms with E-state index in [2.05, 4.69) is 4.99 Å². The van der Waals surface area contributed by atoms with Crippen LogP contribution in [0, 0.1) is 0 Å². The summed E-state index contributed by atoms with van der Waals surface area (Å²) in [7, 11) is 0.777. The maximum atomic E-state index is 12.5. The monoisotopic (exact) mass is 441 g/mol. The molecule has 1 aliphatic rings. The summed E-state index contributed by atoms with van der Waals surface area (Å²) >= 11 is 7.46. The van der Waals surface area contributed by atoms with E-state index < -0.39 is 15.7 Å². The predicted molar refractivity (Wildman–Crippen MR) is 112 cm³/mol. The van der Waals surface area contributed by atoms with Crippen molar-refractivity contribution in [3.63, 3.8) is 0 Å². The molecule has 2 N–H and O–H groups in total. The van der Waals surface area contributed by atoms with Gasteiger partial charge in [0.1, 0.15) is 10.6 Å². The maximum absolute atomic E-state index is 12.5. The molecule has 0 amide bonds. The molecule has 10 heteroatoms. The fraction of sp³-hybridized carbons (Fsp3) is 0.278. The van der Waals surface area contributed by atoms with E-state index in [9.17, 15) is 18.6 Å². The van der Waals surface area contributed by atoms with Crippen molar-refractivity contribution in [3.05, 3.63) is 53.1 Å². The highest BCUT2D eigenvalue weighted by atomic mass is 35.5. The predicted octanol–water partition coefficient (Wildman–Crippen LogP) is 2.81. The van der Waals surface area contributed by atoms with Crippen LogP contribution in [0.25, 0.3) is 0 Å². The highest BCUT2D eigenvalue weighted by molar-refractivity contribution is 8.14. The zero-order chi connectivity index (χ0) is 20.7. The number of phenolic OH excluding ortho intramolecular Hbond substituents is 1. The molecule has 7 nitrogen and oxygen atoms in total. The molecule has 2 aromatic carbocycles. The number of aromatic hydroxyl groups is 1. The second kappa shape index (κ2) is 7.57. The summed E-state index contributed by atoms with van der Waals surface area (Å²) in [5.74, 6) is 0.410.